The number of rotatable bonds is 7. The quantitative estimate of drug-likeness (QED) is 0.351. The van der Waals surface area contributed by atoms with E-state index in [1.807, 2.05) is 13.8 Å². The third-order valence-electron chi connectivity index (χ3n) is 2.63. The Kier molecular flexibility index (Phi) is 10.0. The minimum atomic E-state index is -1.35. The molecule has 0 fully saturated rings. The van der Waals surface area contributed by atoms with Crippen molar-refractivity contribution in [1.29, 1.82) is 5.26 Å². The SMILES string of the molecule is C=CCOC(=O)C(C(C)=O)C(NC(=O)OC#N)c1ccco1.CC. The Morgan fingerprint density at radius 2 is 2.12 bits per heavy atom. The zero-order chi connectivity index (χ0) is 18.5. The number of esters is 1. The molecule has 0 bridgehead atoms. The first-order chi connectivity index (χ1) is 11.5. The second-order valence-electron chi connectivity index (χ2n) is 4.13. The lowest BCUT2D eigenvalue weighted by molar-refractivity contribution is -0.152. The summed E-state index contributed by atoms with van der Waals surface area (Å²) in [5, 5.41) is 10.6. The number of nitrogens with zero attached hydrogens (tertiary/aromatic N) is 1. The number of ether oxygens (including phenoxy) is 2. The van der Waals surface area contributed by atoms with Crippen LogP contribution in [0.1, 0.15) is 32.6 Å². The number of nitriles is 1. The number of carbonyl (C=O) groups is 3. The van der Waals surface area contributed by atoms with Crippen LogP contribution in [0.3, 0.4) is 0 Å². The Morgan fingerprint density at radius 1 is 1.46 bits per heavy atom. The molecule has 1 amide bonds. The monoisotopic (exact) mass is 336 g/mol. The van der Waals surface area contributed by atoms with Gasteiger partial charge in [-0.3, -0.25) is 9.59 Å². The summed E-state index contributed by atoms with van der Waals surface area (Å²) in [6.07, 6.45) is 2.73. The van der Waals surface area contributed by atoms with E-state index < -0.39 is 29.8 Å². The number of hydrogen-bond acceptors (Lipinski definition) is 7. The number of Topliss-reactive ketones (excluding diaryl/α,β-unsaturated/α-hetero) is 1. The molecule has 0 saturated carbocycles. The van der Waals surface area contributed by atoms with Crippen molar-refractivity contribution >= 4 is 17.8 Å². The first-order valence-electron chi connectivity index (χ1n) is 7.19. The van der Waals surface area contributed by atoms with Gasteiger partial charge in [0.1, 0.15) is 30.1 Å². The Hall–Kier alpha value is -3.08. The van der Waals surface area contributed by atoms with Crippen LogP contribution in [0.25, 0.3) is 0 Å². The summed E-state index contributed by atoms with van der Waals surface area (Å²) in [6, 6.07) is 1.82. The van der Waals surface area contributed by atoms with Crippen molar-refractivity contribution in [2.24, 2.45) is 5.92 Å². The molecule has 24 heavy (non-hydrogen) atoms. The van der Waals surface area contributed by atoms with Crippen molar-refractivity contribution < 1.29 is 28.3 Å². The largest absolute Gasteiger partial charge is 0.467 e. The zero-order valence-corrected chi connectivity index (χ0v) is 13.8. The first kappa shape index (κ1) is 20.9. The third kappa shape index (κ3) is 6.36. The van der Waals surface area contributed by atoms with Crippen molar-refractivity contribution in [3.8, 4) is 6.26 Å². The number of nitrogens with one attached hydrogen (secondary N) is 1. The summed E-state index contributed by atoms with van der Waals surface area (Å²) >= 11 is 0. The molecule has 1 aromatic rings. The molecule has 0 aromatic carbocycles. The van der Waals surface area contributed by atoms with Crippen LogP contribution in [-0.2, 0) is 19.1 Å². The number of ketones is 1. The Labute approximate surface area is 140 Å². The van der Waals surface area contributed by atoms with Gasteiger partial charge in [-0.1, -0.05) is 26.5 Å². The van der Waals surface area contributed by atoms with E-state index in [-0.39, 0.29) is 12.4 Å². The standard InChI is InChI=1S/C14H14N2O6.C2H6/c1-3-6-21-13(18)11(9(2)17)12(10-5-4-7-20-10)16-14(19)22-8-15;1-2/h3-5,7,11-12H,1,6H2,2H3,(H,16,19);1-2H3. The van der Waals surface area contributed by atoms with Gasteiger partial charge in [0.05, 0.1) is 6.26 Å². The van der Waals surface area contributed by atoms with Crippen molar-refractivity contribution in [2.75, 3.05) is 6.61 Å². The van der Waals surface area contributed by atoms with Gasteiger partial charge in [-0.15, -0.1) is 5.26 Å². The maximum Gasteiger partial charge on any atom is 0.423 e. The molecule has 1 heterocycles. The molecule has 0 aliphatic heterocycles. The van der Waals surface area contributed by atoms with E-state index in [2.05, 4.69) is 16.6 Å². The second-order valence-corrected chi connectivity index (χ2v) is 4.13. The smallest absolute Gasteiger partial charge is 0.423 e. The molecule has 0 radical (unpaired) electrons. The molecule has 0 spiro atoms. The van der Waals surface area contributed by atoms with Crippen LogP contribution in [0.15, 0.2) is 35.5 Å². The Morgan fingerprint density at radius 3 is 2.58 bits per heavy atom. The van der Waals surface area contributed by atoms with Crippen molar-refractivity contribution in [3.63, 3.8) is 0 Å². The van der Waals surface area contributed by atoms with Gasteiger partial charge in [-0.2, -0.15) is 0 Å². The van der Waals surface area contributed by atoms with Crippen LogP contribution in [0.2, 0.25) is 0 Å². The lowest BCUT2D eigenvalue weighted by Crippen LogP contribution is -2.40. The van der Waals surface area contributed by atoms with E-state index in [9.17, 15) is 14.4 Å². The van der Waals surface area contributed by atoms with Gasteiger partial charge in [-0.05, 0) is 19.1 Å². The second kappa shape index (κ2) is 11.5. The minimum absolute atomic E-state index is 0.0872. The van der Waals surface area contributed by atoms with Crippen LogP contribution < -0.4 is 5.32 Å². The molecule has 130 valence electrons. The molecule has 1 aromatic heterocycles. The van der Waals surface area contributed by atoms with Crippen LogP contribution in [0.4, 0.5) is 4.79 Å². The maximum atomic E-state index is 12.0. The highest BCUT2D eigenvalue weighted by molar-refractivity contribution is 5.99. The van der Waals surface area contributed by atoms with Gasteiger partial charge in [0.25, 0.3) is 6.26 Å². The molecular weight excluding hydrogens is 316 g/mol. The number of furan rings is 1. The highest BCUT2D eigenvalue weighted by atomic mass is 16.5. The summed E-state index contributed by atoms with van der Waals surface area (Å²) in [4.78, 5) is 35.3. The summed E-state index contributed by atoms with van der Waals surface area (Å²) in [5.41, 5.74) is 0. The Bertz CT molecular complexity index is 588. The number of carbonyl (C=O) groups excluding carboxylic acids is 3. The highest BCUT2D eigenvalue weighted by Gasteiger charge is 2.38. The van der Waals surface area contributed by atoms with Crippen molar-refractivity contribution in [2.45, 2.75) is 26.8 Å². The van der Waals surface area contributed by atoms with Gasteiger partial charge in [0, 0.05) is 0 Å². The fourth-order valence-corrected chi connectivity index (χ4v) is 1.75. The minimum Gasteiger partial charge on any atom is -0.467 e. The van der Waals surface area contributed by atoms with E-state index in [0.717, 1.165) is 0 Å². The van der Waals surface area contributed by atoms with Gasteiger partial charge in [0.15, 0.2) is 0 Å². The topological polar surface area (TPSA) is 119 Å². The molecule has 1 rings (SSSR count). The molecule has 1 N–H and O–H groups in total. The lowest BCUT2D eigenvalue weighted by atomic mass is 9.94. The number of amides is 1. The van der Waals surface area contributed by atoms with E-state index in [1.54, 1.807) is 0 Å². The van der Waals surface area contributed by atoms with Gasteiger partial charge in [-0.25, -0.2) is 4.79 Å². The third-order valence-corrected chi connectivity index (χ3v) is 2.63. The predicted octanol–water partition coefficient (Wildman–Crippen LogP) is 2.49. The van der Waals surface area contributed by atoms with Crippen LogP contribution in [0, 0.1) is 17.4 Å². The van der Waals surface area contributed by atoms with E-state index in [1.165, 1.54) is 37.7 Å². The summed E-state index contributed by atoms with van der Waals surface area (Å²) in [7, 11) is 0. The first-order valence-corrected chi connectivity index (χ1v) is 7.19. The van der Waals surface area contributed by atoms with Crippen molar-refractivity contribution in [3.05, 3.63) is 36.8 Å². The summed E-state index contributed by atoms with van der Waals surface area (Å²) in [5.74, 6) is -2.61. The molecule has 0 saturated heterocycles. The van der Waals surface area contributed by atoms with E-state index in [4.69, 9.17) is 14.4 Å². The lowest BCUT2D eigenvalue weighted by Gasteiger charge is -2.22. The predicted molar refractivity (Wildman–Crippen MR) is 83.4 cm³/mol. The zero-order valence-electron chi connectivity index (χ0n) is 13.8. The Balaban J connectivity index is 0.00000254. The molecule has 2 unspecified atom stereocenters. The molecule has 0 aliphatic carbocycles. The highest BCUT2D eigenvalue weighted by Crippen LogP contribution is 2.25. The van der Waals surface area contributed by atoms with Crippen LogP contribution in [-0.4, -0.2) is 24.5 Å². The molecule has 0 aliphatic rings. The number of hydrogen-bond donors (Lipinski definition) is 1. The van der Waals surface area contributed by atoms with Gasteiger partial charge >= 0.3 is 12.1 Å². The van der Waals surface area contributed by atoms with E-state index in [0.29, 0.717) is 0 Å². The fourth-order valence-electron chi connectivity index (χ4n) is 1.75. The van der Waals surface area contributed by atoms with Crippen LogP contribution >= 0.6 is 0 Å². The molecule has 2 atom stereocenters. The average molecular weight is 336 g/mol. The summed E-state index contributed by atoms with van der Waals surface area (Å²) in [6.45, 7) is 8.48. The molecule has 8 nitrogen and oxygen atoms in total. The average Bonchev–Trinajstić information content (AvgIpc) is 3.08. The van der Waals surface area contributed by atoms with Gasteiger partial charge < -0.3 is 19.2 Å². The normalized spacial score (nSPS) is 11.6. The maximum absolute atomic E-state index is 12.0. The number of alkyl carbamates (subject to hydrolysis) is 1. The van der Waals surface area contributed by atoms with Gasteiger partial charge in [0.2, 0.25) is 0 Å². The molecule has 8 heteroatoms. The fraction of sp³-hybridized carbons (Fsp3) is 0.375. The van der Waals surface area contributed by atoms with Crippen molar-refractivity contribution in [1.82, 2.24) is 5.32 Å². The summed E-state index contributed by atoms with van der Waals surface area (Å²) < 4.78 is 14.1. The molecular formula is C16H20N2O6. The van der Waals surface area contributed by atoms with E-state index >= 15 is 0 Å². The van der Waals surface area contributed by atoms with Crippen LogP contribution in [0.5, 0.6) is 0 Å².